The summed E-state index contributed by atoms with van der Waals surface area (Å²) in [6.45, 7) is 4.26. The highest BCUT2D eigenvalue weighted by atomic mass is 19.4. The van der Waals surface area contributed by atoms with Crippen molar-refractivity contribution in [2.24, 2.45) is 0 Å². The maximum Gasteiger partial charge on any atom is 0.418 e. The maximum absolute atomic E-state index is 13.1. The minimum atomic E-state index is -4.37. The molecule has 0 saturated heterocycles. The molecule has 0 bridgehead atoms. The quantitative estimate of drug-likeness (QED) is 0.801. The number of nitrogens with one attached hydrogen (secondary N) is 1. The highest BCUT2D eigenvalue weighted by Crippen LogP contribution is 2.35. The van der Waals surface area contributed by atoms with Crippen LogP contribution in [0.3, 0.4) is 0 Å². The van der Waals surface area contributed by atoms with Crippen LogP contribution in [0, 0.1) is 0 Å². The van der Waals surface area contributed by atoms with Crippen LogP contribution in [0.25, 0.3) is 0 Å². The van der Waals surface area contributed by atoms with Gasteiger partial charge in [0.25, 0.3) is 0 Å². The highest BCUT2D eigenvalue weighted by molar-refractivity contribution is 5.54. The summed E-state index contributed by atoms with van der Waals surface area (Å²) in [5.74, 6) is 0. The molecule has 0 aliphatic heterocycles. The van der Waals surface area contributed by atoms with Gasteiger partial charge in [-0.2, -0.15) is 13.2 Å². The molecule has 1 aromatic rings. The van der Waals surface area contributed by atoms with E-state index >= 15 is 0 Å². The molecule has 6 heteroatoms. The average Bonchev–Trinajstić information content (AvgIpc) is 2.55. The Labute approximate surface area is 140 Å². The maximum atomic E-state index is 13.1. The Balaban J connectivity index is 2.08. The standard InChI is InChI=1S/C18H23F3N2O/c1-3-23(11-12-24-2)15-8-6-7-14(13-15)22-17-10-5-4-9-16(17)18(19,20)21/h4-10,14,22H,3,11-13H2,1-2H3. The van der Waals surface area contributed by atoms with E-state index in [9.17, 15) is 13.2 Å². The van der Waals surface area contributed by atoms with Gasteiger partial charge in [-0.15, -0.1) is 0 Å². The fourth-order valence-electron chi connectivity index (χ4n) is 2.76. The summed E-state index contributed by atoms with van der Waals surface area (Å²) < 4.78 is 44.4. The van der Waals surface area contributed by atoms with Crippen molar-refractivity contribution in [2.45, 2.75) is 25.6 Å². The van der Waals surface area contributed by atoms with Crippen LogP contribution in [-0.4, -0.2) is 37.7 Å². The molecule has 1 aromatic carbocycles. The number of nitrogens with zero attached hydrogens (tertiary/aromatic N) is 1. The van der Waals surface area contributed by atoms with Gasteiger partial charge in [-0.3, -0.25) is 0 Å². The van der Waals surface area contributed by atoms with E-state index in [4.69, 9.17) is 4.74 Å². The van der Waals surface area contributed by atoms with Gasteiger partial charge in [0.1, 0.15) is 0 Å². The van der Waals surface area contributed by atoms with Crippen molar-refractivity contribution in [2.75, 3.05) is 32.1 Å². The van der Waals surface area contributed by atoms with Crippen LogP contribution < -0.4 is 5.32 Å². The third-order valence-electron chi connectivity index (χ3n) is 3.99. The summed E-state index contributed by atoms with van der Waals surface area (Å²) in [7, 11) is 1.65. The number of methoxy groups -OCH3 is 1. The van der Waals surface area contributed by atoms with Crippen LogP contribution in [0.2, 0.25) is 0 Å². The number of likely N-dealkylation sites (N-methyl/N-ethyl adjacent to an activating group) is 1. The first-order valence-corrected chi connectivity index (χ1v) is 7.99. The summed E-state index contributed by atoms with van der Waals surface area (Å²) in [5.41, 5.74) is 0.570. The second-order valence-corrected chi connectivity index (χ2v) is 5.61. The lowest BCUT2D eigenvalue weighted by Crippen LogP contribution is -2.31. The molecule has 0 amide bonds. The fourth-order valence-corrected chi connectivity index (χ4v) is 2.76. The second kappa shape index (κ2) is 8.24. The lowest BCUT2D eigenvalue weighted by Gasteiger charge is -2.30. The van der Waals surface area contributed by atoms with Crippen LogP contribution in [0.5, 0.6) is 0 Å². The summed E-state index contributed by atoms with van der Waals surface area (Å²) in [6, 6.07) is 5.40. The first kappa shape index (κ1) is 18.4. The molecule has 2 rings (SSSR count). The zero-order chi connectivity index (χ0) is 17.6. The number of hydrogen-bond acceptors (Lipinski definition) is 3. The third-order valence-corrected chi connectivity index (χ3v) is 3.99. The van der Waals surface area contributed by atoms with Gasteiger partial charge in [-0.25, -0.2) is 0 Å². The molecule has 1 aliphatic carbocycles. The van der Waals surface area contributed by atoms with E-state index in [2.05, 4.69) is 17.1 Å². The monoisotopic (exact) mass is 340 g/mol. The predicted molar refractivity (Wildman–Crippen MR) is 89.8 cm³/mol. The number of ether oxygens (including phenoxy) is 1. The van der Waals surface area contributed by atoms with E-state index in [0.717, 1.165) is 24.9 Å². The Bertz CT molecular complexity index is 596. The summed E-state index contributed by atoms with van der Waals surface area (Å²) >= 11 is 0. The molecule has 0 heterocycles. The third kappa shape index (κ3) is 4.77. The number of anilines is 1. The Hall–Kier alpha value is -1.95. The molecule has 3 nitrogen and oxygen atoms in total. The molecule has 0 fully saturated rings. The average molecular weight is 340 g/mol. The molecule has 0 radical (unpaired) electrons. The number of hydrogen-bond donors (Lipinski definition) is 1. The number of rotatable bonds is 7. The lowest BCUT2D eigenvalue weighted by molar-refractivity contribution is -0.137. The van der Waals surface area contributed by atoms with Gasteiger partial charge in [-0.05, 0) is 25.1 Å². The van der Waals surface area contributed by atoms with Crippen molar-refractivity contribution in [1.82, 2.24) is 4.90 Å². The SMILES string of the molecule is CCN(CCOC)C1=CC=CC(Nc2ccccc2C(F)(F)F)C1. The summed E-state index contributed by atoms with van der Waals surface area (Å²) in [6.07, 6.45) is 2.06. The van der Waals surface area contributed by atoms with Gasteiger partial charge < -0.3 is 15.0 Å². The number of para-hydroxylation sites is 1. The molecule has 0 saturated carbocycles. The number of halogens is 3. The van der Waals surface area contributed by atoms with Crippen molar-refractivity contribution < 1.29 is 17.9 Å². The first-order chi connectivity index (χ1) is 11.5. The van der Waals surface area contributed by atoms with E-state index in [-0.39, 0.29) is 11.7 Å². The van der Waals surface area contributed by atoms with E-state index < -0.39 is 11.7 Å². The number of benzene rings is 1. The molecule has 1 N–H and O–H groups in total. The Morgan fingerprint density at radius 2 is 2.04 bits per heavy atom. The number of alkyl halides is 3. The van der Waals surface area contributed by atoms with Crippen molar-refractivity contribution >= 4 is 5.69 Å². The molecule has 0 aromatic heterocycles. The Morgan fingerprint density at radius 1 is 1.29 bits per heavy atom. The van der Waals surface area contributed by atoms with Crippen molar-refractivity contribution in [3.05, 3.63) is 53.8 Å². The van der Waals surface area contributed by atoms with Crippen molar-refractivity contribution in [3.8, 4) is 0 Å². The van der Waals surface area contributed by atoms with Crippen LogP contribution >= 0.6 is 0 Å². The largest absolute Gasteiger partial charge is 0.418 e. The van der Waals surface area contributed by atoms with Gasteiger partial charge >= 0.3 is 6.18 Å². The van der Waals surface area contributed by atoms with Gasteiger partial charge in [-0.1, -0.05) is 24.3 Å². The molecule has 1 unspecified atom stereocenters. The molecule has 0 spiro atoms. The van der Waals surface area contributed by atoms with Crippen LogP contribution in [-0.2, 0) is 10.9 Å². The zero-order valence-corrected chi connectivity index (χ0v) is 13.9. The Kier molecular flexibility index (Phi) is 6.31. The fraction of sp³-hybridized carbons (Fsp3) is 0.444. The first-order valence-electron chi connectivity index (χ1n) is 7.99. The molecule has 1 aliphatic rings. The van der Waals surface area contributed by atoms with E-state index in [1.165, 1.54) is 12.1 Å². The van der Waals surface area contributed by atoms with E-state index in [0.29, 0.717) is 13.0 Å². The molecule has 132 valence electrons. The van der Waals surface area contributed by atoms with Crippen molar-refractivity contribution in [3.63, 3.8) is 0 Å². The predicted octanol–water partition coefficient (Wildman–Crippen LogP) is 4.30. The van der Waals surface area contributed by atoms with Crippen LogP contribution in [0.1, 0.15) is 18.9 Å². The van der Waals surface area contributed by atoms with E-state index in [1.54, 1.807) is 13.2 Å². The second-order valence-electron chi connectivity index (χ2n) is 5.61. The van der Waals surface area contributed by atoms with Gasteiger partial charge in [0.15, 0.2) is 0 Å². The van der Waals surface area contributed by atoms with Gasteiger partial charge in [0, 0.05) is 38.0 Å². The molecular formula is C18H23F3N2O. The zero-order valence-electron chi connectivity index (χ0n) is 13.9. The Morgan fingerprint density at radius 3 is 2.71 bits per heavy atom. The summed E-state index contributed by atoms with van der Waals surface area (Å²) in [4.78, 5) is 2.18. The minimum Gasteiger partial charge on any atom is -0.383 e. The van der Waals surface area contributed by atoms with Gasteiger partial charge in [0.2, 0.25) is 0 Å². The molecule has 1 atom stereocenters. The van der Waals surface area contributed by atoms with Crippen LogP contribution in [0.15, 0.2) is 48.2 Å². The normalized spacial score (nSPS) is 17.5. The molecule has 24 heavy (non-hydrogen) atoms. The summed E-state index contributed by atoms with van der Waals surface area (Å²) in [5, 5.41) is 3.02. The van der Waals surface area contributed by atoms with Gasteiger partial charge in [0.05, 0.1) is 18.2 Å². The highest BCUT2D eigenvalue weighted by Gasteiger charge is 2.33. The van der Waals surface area contributed by atoms with Crippen molar-refractivity contribution in [1.29, 1.82) is 0 Å². The minimum absolute atomic E-state index is 0.112. The number of allylic oxidation sites excluding steroid dienone is 2. The molecular weight excluding hydrogens is 317 g/mol. The smallest absolute Gasteiger partial charge is 0.383 e. The van der Waals surface area contributed by atoms with Crippen LogP contribution in [0.4, 0.5) is 18.9 Å². The topological polar surface area (TPSA) is 24.5 Å². The van der Waals surface area contributed by atoms with E-state index in [1.807, 2.05) is 18.2 Å². The lowest BCUT2D eigenvalue weighted by atomic mass is 10.0.